The zero-order valence-corrected chi connectivity index (χ0v) is 23.6. The van der Waals surface area contributed by atoms with Gasteiger partial charge in [0.15, 0.2) is 0 Å². The lowest BCUT2D eigenvalue weighted by Gasteiger charge is -2.45. The monoisotopic (exact) mass is 534 g/mol. The van der Waals surface area contributed by atoms with E-state index >= 15 is 0 Å². The second kappa shape index (κ2) is 13.7. The summed E-state index contributed by atoms with van der Waals surface area (Å²) in [4.78, 5) is 24.2. The lowest BCUT2D eigenvalue weighted by Crippen LogP contribution is -2.49. The van der Waals surface area contributed by atoms with Crippen LogP contribution in [0.5, 0.6) is 0 Å². The van der Waals surface area contributed by atoms with Gasteiger partial charge in [-0.2, -0.15) is 0 Å². The number of rotatable bonds is 10. The van der Waals surface area contributed by atoms with E-state index in [1.165, 1.54) is 26.7 Å². The van der Waals surface area contributed by atoms with Gasteiger partial charge in [-0.1, -0.05) is 18.6 Å². The summed E-state index contributed by atoms with van der Waals surface area (Å²) in [5.74, 6) is 1.89. The fraction of sp³-hybridized carbons (Fsp3) is 0.867. The summed E-state index contributed by atoms with van der Waals surface area (Å²) in [6.07, 6.45) is 13.6. The van der Waals surface area contributed by atoms with Crippen molar-refractivity contribution >= 4 is 11.9 Å². The van der Waals surface area contributed by atoms with Gasteiger partial charge in [-0.15, -0.1) is 0 Å². The van der Waals surface area contributed by atoms with Crippen molar-refractivity contribution in [2.24, 2.45) is 41.2 Å². The fourth-order valence-electron chi connectivity index (χ4n) is 8.06. The van der Waals surface area contributed by atoms with Crippen LogP contribution in [-0.4, -0.2) is 61.3 Å². The Morgan fingerprint density at radius 1 is 1.03 bits per heavy atom. The molecule has 0 amide bonds. The summed E-state index contributed by atoms with van der Waals surface area (Å²) in [6.45, 7) is 3.82. The summed E-state index contributed by atoms with van der Waals surface area (Å²) in [7, 11) is 1.67. The summed E-state index contributed by atoms with van der Waals surface area (Å²) >= 11 is 0. The number of fused-ring (bicyclic) bond motifs is 2. The van der Waals surface area contributed by atoms with Crippen LogP contribution in [0, 0.1) is 35.5 Å². The number of ether oxygens (including phenoxy) is 3. The van der Waals surface area contributed by atoms with Crippen molar-refractivity contribution in [3.63, 3.8) is 0 Å². The highest BCUT2D eigenvalue weighted by Gasteiger charge is 2.42. The minimum Gasteiger partial charge on any atom is -0.462 e. The van der Waals surface area contributed by atoms with Crippen molar-refractivity contribution in [2.45, 2.75) is 115 Å². The normalized spacial score (nSPS) is 38.7. The van der Waals surface area contributed by atoms with Gasteiger partial charge in [0.05, 0.1) is 18.4 Å². The molecule has 1 heterocycles. The third-order valence-electron chi connectivity index (χ3n) is 9.81. The Hall–Kier alpha value is -1.48. The van der Waals surface area contributed by atoms with E-state index in [0.29, 0.717) is 48.9 Å². The Kier molecular flexibility index (Phi) is 10.7. The molecule has 38 heavy (non-hydrogen) atoms. The third kappa shape index (κ3) is 7.80. The molecule has 2 saturated carbocycles. The standard InChI is InChI=1S/C30H50N2O6/c1-18(33)37-24(16-28(38-19(2)34)25-10-7-20-5-4-6-21(25)13-20)9-8-22-14-29(36-3)27(35)17-26(22)23-11-12-32-30(31)15-23/h7,10,20-30,32,35H,4-6,8-9,11-17,31H2,1-3H3/t20-,21+,22?,23?,24-,25+,26?,27?,28-,29?,30?/m1/s1. The molecule has 0 spiro atoms. The van der Waals surface area contributed by atoms with Crippen LogP contribution in [0.25, 0.3) is 0 Å². The van der Waals surface area contributed by atoms with E-state index in [-0.39, 0.29) is 42.3 Å². The molecule has 3 aliphatic carbocycles. The Morgan fingerprint density at radius 2 is 1.82 bits per heavy atom. The van der Waals surface area contributed by atoms with Gasteiger partial charge in [0.25, 0.3) is 0 Å². The van der Waals surface area contributed by atoms with Crippen LogP contribution >= 0.6 is 0 Å². The molecule has 4 aliphatic rings. The summed E-state index contributed by atoms with van der Waals surface area (Å²) < 4.78 is 17.4. The van der Waals surface area contributed by atoms with Gasteiger partial charge >= 0.3 is 11.9 Å². The second-order valence-electron chi connectivity index (χ2n) is 12.4. The molecule has 216 valence electrons. The van der Waals surface area contributed by atoms with Crippen molar-refractivity contribution in [3.05, 3.63) is 12.2 Å². The van der Waals surface area contributed by atoms with Crippen LogP contribution in [0.4, 0.5) is 0 Å². The Bertz CT molecular complexity index is 821. The van der Waals surface area contributed by atoms with Gasteiger partial charge in [-0.3, -0.25) is 9.59 Å². The maximum atomic E-state index is 12.1. The van der Waals surface area contributed by atoms with E-state index in [4.69, 9.17) is 19.9 Å². The first-order chi connectivity index (χ1) is 18.2. The van der Waals surface area contributed by atoms with Crippen molar-refractivity contribution in [2.75, 3.05) is 13.7 Å². The van der Waals surface area contributed by atoms with Crippen LogP contribution in [0.1, 0.15) is 84.5 Å². The summed E-state index contributed by atoms with van der Waals surface area (Å²) in [5, 5.41) is 14.1. The maximum Gasteiger partial charge on any atom is 0.302 e. The van der Waals surface area contributed by atoms with Gasteiger partial charge in [-0.25, -0.2) is 0 Å². The Labute approximate surface area is 228 Å². The van der Waals surface area contributed by atoms with E-state index in [1.807, 2.05) is 0 Å². The van der Waals surface area contributed by atoms with E-state index in [9.17, 15) is 14.7 Å². The van der Waals surface area contributed by atoms with Crippen LogP contribution in [0.15, 0.2) is 12.2 Å². The second-order valence-corrected chi connectivity index (χ2v) is 12.4. The molecule has 8 heteroatoms. The lowest BCUT2D eigenvalue weighted by molar-refractivity contribution is -0.156. The highest BCUT2D eigenvalue weighted by atomic mass is 16.6. The quantitative estimate of drug-likeness (QED) is 0.287. The topological polar surface area (TPSA) is 120 Å². The third-order valence-corrected chi connectivity index (χ3v) is 9.81. The number of methoxy groups -OCH3 is 1. The predicted molar refractivity (Wildman–Crippen MR) is 145 cm³/mol. The summed E-state index contributed by atoms with van der Waals surface area (Å²) in [6, 6.07) is 0. The number of esters is 2. The number of hydrogen-bond donors (Lipinski definition) is 3. The SMILES string of the molecule is COC1CC(CC[C@H](C[C@@H](OC(C)=O)[C@H]2C=C[C@H]3CCC[C@H]2C3)OC(C)=O)C(C2CCNC(N)C2)CC1O. The van der Waals surface area contributed by atoms with Gasteiger partial charge in [0.2, 0.25) is 0 Å². The first-order valence-corrected chi connectivity index (χ1v) is 15.0. The molecule has 0 radical (unpaired) electrons. The smallest absolute Gasteiger partial charge is 0.302 e. The Balaban J connectivity index is 1.46. The molecule has 3 fully saturated rings. The molecule has 8 nitrogen and oxygen atoms in total. The fourth-order valence-corrected chi connectivity index (χ4v) is 8.06. The van der Waals surface area contributed by atoms with E-state index in [1.54, 1.807) is 7.11 Å². The molecule has 0 aromatic heterocycles. The minimum atomic E-state index is -0.470. The molecule has 1 aliphatic heterocycles. The van der Waals surface area contributed by atoms with Gasteiger partial charge in [0.1, 0.15) is 12.2 Å². The number of carbonyl (C=O) groups excluding carboxylic acids is 2. The average molecular weight is 535 g/mol. The molecular weight excluding hydrogens is 484 g/mol. The van der Waals surface area contributed by atoms with E-state index < -0.39 is 6.10 Å². The molecular formula is C30H50N2O6. The number of hydrogen-bond acceptors (Lipinski definition) is 8. The molecule has 1 saturated heterocycles. The Morgan fingerprint density at radius 3 is 2.53 bits per heavy atom. The maximum absolute atomic E-state index is 12.1. The number of piperidine rings is 1. The molecule has 0 aromatic rings. The van der Waals surface area contributed by atoms with Gasteiger partial charge in [0, 0.05) is 33.3 Å². The van der Waals surface area contributed by atoms with Crippen LogP contribution < -0.4 is 11.1 Å². The highest BCUT2D eigenvalue weighted by molar-refractivity contribution is 5.66. The van der Waals surface area contributed by atoms with E-state index in [2.05, 4.69) is 17.5 Å². The molecule has 6 unspecified atom stereocenters. The molecule has 11 atom stereocenters. The molecule has 2 bridgehead atoms. The van der Waals surface area contributed by atoms with Crippen molar-refractivity contribution < 1.29 is 28.9 Å². The number of nitrogens with two attached hydrogens (primary N) is 1. The van der Waals surface area contributed by atoms with Crippen LogP contribution in [0.2, 0.25) is 0 Å². The van der Waals surface area contributed by atoms with Crippen molar-refractivity contribution in [1.29, 1.82) is 0 Å². The first kappa shape index (κ1) is 29.5. The van der Waals surface area contributed by atoms with Crippen molar-refractivity contribution in [1.82, 2.24) is 5.32 Å². The van der Waals surface area contributed by atoms with Gasteiger partial charge < -0.3 is 30.4 Å². The highest BCUT2D eigenvalue weighted by Crippen LogP contribution is 2.44. The minimum absolute atomic E-state index is 0.00657. The number of nitrogens with one attached hydrogen (secondary N) is 1. The van der Waals surface area contributed by atoms with Crippen LogP contribution in [0.3, 0.4) is 0 Å². The zero-order chi connectivity index (χ0) is 27.2. The molecule has 4 rings (SSSR count). The number of aliphatic hydroxyl groups excluding tert-OH is 1. The first-order valence-electron chi connectivity index (χ1n) is 15.0. The van der Waals surface area contributed by atoms with Gasteiger partial charge in [-0.05, 0) is 93.9 Å². The average Bonchev–Trinajstić information content (AvgIpc) is 2.87. The lowest BCUT2D eigenvalue weighted by atomic mass is 9.66. The zero-order valence-electron chi connectivity index (χ0n) is 23.6. The molecule has 4 N–H and O–H groups in total. The predicted octanol–water partition coefficient (Wildman–Crippen LogP) is 3.70. The van der Waals surface area contributed by atoms with E-state index in [0.717, 1.165) is 45.1 Å². The summed E-state index contributed by atoms with van der Waals surface area (Å²) in [5.41, 5.74) is 6.24. The number of aliphatic hydroxyl groups is 1. The largest absolute Gasteiger partial charge is 0.462 e. The number of allylic oxidation sites excluding steroid dienone is 1. The molecule has 0 aromatic carbocycles. The van der Waals surface area contributed by atoms with Crippen molar-refractivity contribution in [3.8, 4) is 0 Å². The van der Waals surface area contributed by atoms with Crippen LogP contribution in [-0.2, 0) is 23.8 Å². The number of carbonyl (C=O) groups is 2.